The van der Waals surface area contributed by atoms with Crippen molar-refractivity contribution in [2.24, 2.45) is 0 Å². The first-order valence-electron chi connectivity index (χ1n) is 5.33. The van der Waals surface area contributed by atoms with E-state index in [0.29, 0.717) is 0 Å². The Kier molecular flexibility index (Phi) is 4.47. The van der Waals surface area contributed by atoms with Crippen molar-refractivity contribution in [3.8, 4) is 0 Å². The molecule has 1 aromatic rings. The highest BCUT2D eigenvalue weighted by molar-refractivity contribution is 6.27. The Morgan fingerprint density at radius 3 is 2.05 bits per heavy atom. The molecular weight excluding hydrogens is 259 g/mol. The monoisotopic (exact) mass is 271 g/mol. The number of halogens is 3. The molecule has 19 heavy (non-hydrogen) atoms. The molecule has 0 heterocycles. The molecule has 0 aliphatic heterocycles. The number of rotatable bonds is 4. The van der Waals surface area contributed by atoms with E-state index in [1.807, 2.05) is 0 Å². The minimum atomic E-state index is -5.08. The minimum absolute atomic E-state index is 0.0354. The van der Waals surface area contributed by atoms with Crippen molar-refractivity contribution in [3.63, 3.8) is 0 Å². The maximum Gasteiger partial charge on any atom is 0.455 e. The number of carbonyl (C=O) groups excluding carboxylic acids is 2. The average Bonchev–Trinajstić information content (AvgIpc) is 2.34. The van der Waals surface area contributed by atoms with Crippen LogP contribution in [0.4, 0.5) is 13.2 Å². The van der Waals surface area contributed by atoms with Crippen molar-refractivity contribution in [1.29, 1.82) is 0 Å². The van der Waals surface area contributed by atoms with E-state index in [9.17, 15) is 22.8 Å². The van der Waals surface area contributed by atoms with Gasteiger partial charge in [0.25, 0.3) is 5.78 Å². The molecule has 1 aromatic carbocycles. The summed E-state index contributed by atoms with van der Waals surface area (Å²) in [6, 6.07) is 7.36. The molecule has 102 valence electrons. The van der Waals surface area contributed by atoms with Gasteiger partial charge in [-0.1, -0.05) is 30.3 Å². The molecule has 0 amide bonds. The summed E-state index contributed by atoms with van der Waals surface area (Å²) in [6.07, 6.45) is -4.20. The van der Waals surface area contributed by atoms with Crippen LogP contribution in [0.2, 0.25) is 0 Å². The number of hydrogen-bond acceptors (Lipinski definition) is 3. The third-order valence-electron chi connectivity index (χ3n) is 2.17. The van der Waals surface area contributed by atoms with Crippen LogP contribution in [0, 0.1) is 0 Å². The topological polar surface area (TPSA) is 37.4 Å². The van der Waals surface area contributed by atoms with Crippen molar-refractivity contribution in [1.82, 2.24) is 4.90 Å². The lowest BCUT2D eigenvalue weighted by Crippen LogP contribution is -2.29. The summed E-state index contributed by atoms with van der Waals surface area (Å²) >= 11 is 0. The lowest BCUT2D eigenvalue weighted by Gasteiger charge is -2.12. The number of alkyl halides is 3. The summed E-state index contributed by atoms with van der Waals surface area (Å²) in [5.41, 5.74) is -0.864. The Bertz CT molecular complexity index is 504. The highest BCUT2D eigenvalue weighted by Gasteiger charge is 2.43. The van der Waals surface area contributed by atoms with Gasteiger partial charge in [0, 0.05) is 25.9 Å². The van der Waals surface area contributed by atoms with Gasteiger partial charge in [-0.15, -0.1) is 0 Å². The molecule has 0 aliphatic carbocycles. The van der Waals surface area contributed by atoms with Crippen LogP contribution in [0.5, 0.6) is 0 Å². The SMILES string of the molecule is CN(C)/C=C(\C(=O)c1ccccc1)C(=O)C(F)(F)F. The molecule has 0 bridgehead atoms. The smallest absolute Gasteiger partial charge is 0.383 e. The van der Waals surface area contributed by atoms with Gasteiger partial charge in [-0.25, -0.2) is 0 Å². The van der Waals surface area contributed by atoms with Crippen molar-refractivity contribution in [3.05, 3.63) is 47.7 Å². The summed E-state index contributed by atoms with van der Waals surface area (Å²) in [6.45, 7) is 0. The molecule has 0 saturated heterocycles. The van der Waals surface area contributed by atoms with Crippen LogP contribution in [0.25, 0.3) is 0 Å². The molecule has 1 rings (SSSR count). The van der Waals surface area contributed by atoms with E-state index in [0.717, 1.165) is 6.20 Å². The highest BCUT2D eigenvalue weighted by Crippen LogP contribution is 2.23. The second-order valence-corrected chi connectivity index (χ2v) is 4.03. The molecule has 0 atom stereocenters. The zero-order valence-corrected chi connectivity index (χ0v) is 10.4. The highest BCUT2D eigenvalue weighted by atomic mass is 19.4. The lowest BCUT2D eigenvalue weighted by atomic mass is 10.0. The number of benzene rings is 1. The summed E-state index contributed by atoms with van der Waals surface area (Å²) in [5, 5.41) is 0. The predicted molar refractivity (Wildman–Crippen MR) is 63.6 cm³/mol. The Hall–Kier alpha value is -2.11. The molecule has 0 N–H and O–H groups in total. The molecule has 0 aromatic heterocycles. The van der Waals surface area contributed by atoms with Crippen molar-refractivity contribution >= 4 is 11.6 Å². The first kappa shape index (κ1) is 14.9. The molecule has 6 heteroatoms. The number of carbonyl (C=O) groups is 2. The fraction of sp³-hybridized carbons (Fsp3) is 0.231. The van der Waals surface area contributed by atoms with Gasteiger partial charge in [0.15, 0.2) is 5.78 Å². The van der Waals surface area contributed by atoms with E-state index < -0.39 is 23.3 Å². The van der Waals surface area contributed by atoms with E-state index in [1.54, 1.807) is 6.07 Å². The zero-order valence-electron chi connectivity index (χ0n) is 10.4. The van der Waals surface area contributed by atoms with Crippen LogP contribution in [-0.2, 0) is 4.79 Å². The lowest BCUT2D eigenvalue weighted by molar-refractivity contribution is -0.166. The van der Waals surface area contributed by atoms with Gasteiger partial charge in [0.1, 0.15) is 0 Å². The fourth-order valence-electron chi connectivity index (χ4n) is 1.38. The molecule has 0 radical (unpaired) electrons. The third-order valence-corrected chi connectivity index (χ3v) is 2.17. The Balaban J connectivity index is 3.21. The van der Waals surface area contributed by atoms with Crippen LogP contribution >= 0.6 is 0 Å². The van der Waals surface area contributed by atoms with Crippen LogP contribution in [-0.4, -0.2) is 36.7 Å². The van der Waals surface area contributed by atoms with E-state index in [4.69, 9.17) is 0 Å². The van der Waals surface area contributed by atoms with Crippen LogP contribution in [0.15, 0.2) is 42.1 Å². The van der Waals surface area contributed by atoms with Gasteiger partial charge in [0.05, 0.1) is 5.57 Å². The zero-order chi connectivity index (χ0) is 14.6. The third kappa shape index (κ3) is 3.94. The van der Waals surface area contributed by atoms with Crippen molar-refractivity contribution < 1.29 is 22.8 Å². The predicted octanol–water partition coefficient (Wildman–Crippen LogP) is 2.45. The Labute approximate surface area is 108 Å². The van der Waals surface area contributed by atoms with Gasteiger partial charge >= 0.3 is 6.18 Å². The normalized spacial score (nSPS) is 12.2. The van der Waals surface area contributed by atoms with Crippen molar-refractivity contribution in [2.45, 2.75) is 6.18 Å². The second-order valence-electron chi connectivity index (χ2n) is 4.03. The van der Waals surface area contributed by atoms with Crippen LogP contribution < -0.4 is 0 Å². The first-order chi connectivity index (χ1) is 8.73. The summed E-state index contributed by atoms with van der Waals surface area (Å²) in [4.78, 5) is 24.4. The molecular formula is C13H12F3NO2. The Morgan fingerprint density at radius 2 is 1.63 bits per heavy atom. The number of hydrogen-bond donors (Lipinski definition) is 0. The molecule has 0 spiro atoms. The van der Waals surface area contributed by atoms with E-state index in [1.165, 1.54) is 43.3 Å². The minimum Gasteiger partial charge on any atom is -0.383 e. The number of Topliss-reactive ketones (excluding diaryl/α,β-unsaturated/α-hetero) is 2. The number of allylic oxidation sites excluding steroid dienone is 1. The average molecular weight is 271 g/mol. The maximum atomic E-state index is 12.5. The van der Waals surface area contributed by atoms with E-state index >= 15 is 0 Å². The molecule has 0 fully saturated rings. The molecule has 0 aliphatic rings. The van der Waals surface area contributed by atoms with Crippen LogP contribution in [0.1, 0.15) is 10.4 Å². The van der Waals surface area contributed by atoms with Crippen LogP contribution in [0.3, 0.4) is 0 Å². The quantitative estimate of drug-likeness (QED) is 0.365. The fourth-order valence-corrected chi connectivity index (χ4v) is 1.38. The van der Waals surface area contributed by atoms with Gasteiger partial charge in [-0.3, -0.25) is 9.59 Å². The van der Waals surface area contributed by atoms with Gasteiger partial charge < -0.3 is 4.90 Å². The summed E-state index contributed by atoms with van der Waals surface area (Å²) in [5.74, 6) is -3.09. The van der Waals surface area contributed by atoms with E-state index in [2.05, 4.69) is 0 Å². The van der Waals surface area contributed by atoms with Gasteiger partial charge in [-0.05, 0) is 0 Å². The number of nitrogens with zero attached hydrogens (tertiary/aromatic N) is 1. The van der Waals surface area contributed by atoms with E-state index in [-0.39, 0.29) is 5.56 Å². The molecule has 3 nitrogen and oxygen atoms in total. The largest absolute Gasteiger partial charge is 0.455 e. The molecule has 0 unspecified atom stereocenters. The standard InChI is InChI=1S/C13H12F3NO2/c1-17(2)8-10(12(19)13(14,15)16)11(18)9-6-4-3-5-7-9/h3-8H,1-2H3/b10-8+. The summed E-state index contributed by atoms with van der Waals surface area (Å²) in [7, 11) is 2.86. The summed E-state index contributed by atoms with van der Waals surface area (Å²) < 4.78 is 37.4. The second kappa shape index (κ2) is 5.69. The Morgan fingerprint density at radius 1 is 1.11 bits per heavy atom. The van der Waals surface area contributed by atoms with Gasteiger partial charge in [-0.2, -0.15) is 13.2 Å². The van der Waals surface area contributed by atoms with Crippen molar-refractivity contribution in [2.75, 3.05) is 14.1 Å². The van der Waals surface area contributed by atoms with Gasteiger partial charge in [0.2, 0.25) is 0 Å². The molecule has 0 saturated carbocycles. The number of ketones is 2. The maximum absolute atomic E-state index is 12.5. The first-order valence-corrected chi connectivity index (χ1v) is 5.33.